The lowest BCUT2D eigenvalue weighted by Crippen LogP contribution is -2.43. The van der Waals surface area contributed by atoms with E-state index in [2.05, 4.69) is 15.2 Å². The first kappa shape index (κ1) is 9.55. The third kappa shape index (κ3) is 1.91. The van der Waals surface area contributed by atoms with Gasteiger partial charge in [0.1, 0.15) is 0 Å². The molecule has 0 saturated heterocycles. The highest BCUT2D eigenvalue weighted by molar-refractivity contribution is 6.45. The molecule has 0 radical (unpaired) electrons. The van der Waals surface area contributed by atoms with Gasteiger partial charge >= 0.3 is 7.05 Å². The van der Waals surface area contributed by atoms with Crippen molar-refractivity contribution < 1.29 is 5.02 Å². The third-order valence-corrected chi connectivity index (χ3v) is 2.54. The fraction of sp³-hybridized carbons (Fsp3) is 0.625. The van der Waals surface area contributed by atoms with Gasteiger partial charge in [0.2, 0.25) is 0 Å². The molecule has 0 aromatic carbocycles. The van der Waals surface area contributed by atoms with Gasteiger partial charge in [-0.1, -0.05) is 0 Å². The van der Waals surface area contributed by atoms with E-state index < -0.39 is 7.05 Å². The Morgan fingerprint density at radius 1 is 1.71 bits per heavy atom. The number of nitrogens with zero attached hydrogens (tertiary/aromatic N) is 1. The maximum atomic E-state index is 9.20. The Kier molecular flexibility index (Phi) is 2.47. The Balaban J connectivity index is 2.05. The standard InChI is InChI=1S/C8H15BN4O/c1-9(14)13-5-2-3-6-7(4-5)12-8(10)11-6/h5,13-14H,2-4H2,1H3,(H3,10,11,12). The zero-order valence-corrected chi connectivity index (χ0v) is 8.25. The van der Waals surface area contributed by atoms with Crippen molar-refractivity contribution in [2.45, 2.75) is 32.1 Å². The van der Waals surface area contributed by atoms with Crippen LogP contribution in [0.4, 0.5) is 5.95 Å². The number of aromatic nitrogens is 2. The highest BCUT2D eigenvalue weighted by Gasteiger charge is 2.22. The molecule has 0 aliphatic heterocycles. The Hall–Kier alpha value is -1.01. The monoisotopic (exact) mass is 194 g/mol. The first-order valence-corrected chi connectivity index (χ1v) is 4.92. The first-order chi connectivity index (χ1) is 6.65. The number of nitrogens with two attached hydrogens (primary N) is 1. The quantitative estimate of drug-likeness (QED) is 0.480. The minimum atomic E-state index is -0.457. The lowest BCUT2D eigenvalue weighted by atomic mass is 9.84. The van der Waals surface area contributed by atoms with Crippen molar-refractivity contribution in [1.82, 2.24) is 15.2 Å². The van der Waals surface area contributed by atoms with Crippen LogP contribution in [0.1, 0.15) is 17.8 Å². The van der Waals surface area contributed by atoms with Gasteiger partial charge in [-0.05, 0) is 19.7 Å². The minimum Gasteiger partial charge on any atom is -0.437 e. The number of aromatic amines is 1. The van der Waals surface area contributed by atoms with E-state index in [1.54, 1.807) is 6.82 Å². The SMILES string of the molecule is CB(O)NC1CCc2nc(N)[nH]c2C1. The molecule has 0 fully saturated rings. The average Bonchev–Trinajstić information content (AvgIpc) is 2.42. The van der Waals surface area contributed by atoms with Crippen LogP contribution >= 0.6 is 0 Å². The zero-order valence-electron chi connectivity index (χ0n) is 8.25. The second-order valence-electron chi connectivity index (χ2n) is 3.83. The summed E-state index contributed by atoms with van der Waals surface area (Å²) in [5, 5.41) is 12.3. The van der Waals surface area contributed by atoms with Crippen molar-refractivity contribution in [1.29, 1.82) is 0 Å². The Bertz CT molecular complexity index is 325. The highest BCUT2D eigenvalue weighted by Crippen LogP contribution is 2.19. The number of anilines is 1. The molecule has 0 saturated carbocycles. The molecule has 1 aliphatic carbocycles. The van der Waals surface area contributed by atoms with Crippen LogP contribution in [0.2, 0.25) is 6.82 Å². The second-order valence-corrected chi connectivity index (χ2v) is 3.83. The number of aryl methyl sites for hydroxylation is 1. The molecule has 0 spiro atoms. The predicted octanol–water partition coefficient (Wildman–Crippen LogP) is -0.451. The molecule has 1 aromatic rings. The van der Waals surface area contributed by atoms with E-state index in [4.69, 9.17) is 5.73 Å². The molecule has 2 rings (SSSR count). The van der Waals surface area contributed by atoms with Crippen molar-refractivity contribution in [2.75, 3.05) is 5.73 Å². The number of hydrogen-bond acceptors (Lipinski definition) is 4. The number of nitrogens with one attached hydrogen (secondary N) is 2. The van der Waals surface area contributed by atoms with E-state index in [0.717, 1.165) is 30.7 Å². The average molecular weight is 194 g/mol. The van der Waals surface area contributed by atoms with Crippen molar-refractivity contribution in [3.05, 3.63) is 11.4 Å². The molecule has 76 valence electrons. The van der Waals surface area contributed by atoms with E-state index in [9.17, 15) is 5.02 Å². The van der Waals surface area contributed by atoms with Crippen molar-refractivity contribution in [2.24, 2.45) is 0 Å². The van der Waals surface area contributed by atoms with Crippen molar-refractivity contribution in [3.8, 4) is 0 Å². The molecule has 1 atom stereocenters. The van der Waals surface area contributed by atoms with Gasteiger partial charge < -0.3 is 21.0 Å². The summed E-state index contributed by atoms with van der Waals surface area (Å²) in [6.45, 7) is 1.73. The van der Waals surface area contributed by atoms with Crippen LogP contribution in [0, 0.1) is 0 Å². The first-order valence-electron chi connectivity index (χ1n) is 4.92. The van der Waals surface area contributed by atoms with Crippen LogP contribution in [-0.2, 0) is 12.8 Å². The zero-order chi connectivity index (χ0) is 10.1. The van der Waals surface area contributed by atoms with Crippen molar-refractivity contribution in [3.63, 3.8) is 0 Å². The molecule has 6 heteroatoms. The molecule has 0 bridgehead atoms. The van der Waals surface area contributed by atoms with Gasteiger partial charge in [0.25, 0.3) is 0 Å². The van der Waals surface area contributed by atoms with Gasteiger partial charge in [-0.15, -0.1) is 0 Å². The summed E-state index contributed by atoms with van der Waals surface area (Å²) >= 11 is 0. The van der Waals surface area contributed by atoms with Crippen LogP contribution in [0.15, 0.2) is 0 Å². The highest BCUT2D eigenvalue weighted by atomic mass is 16.2. The lowest BCUT2D eigenvalue weighted by molar-refractivity contribution is 0.475. The smallest absolute Gasteiger partial charge is 0.373 e. The molecule has 0 amide bonds. The number of H-pyrrole nitrogens is 1. The van der Waals surface area contributed by atoms with E-state index in [0.29, 0.717) is 12.0 Å². The number of rotatable bonds is 2. The molecule has 5 nitrogen and oxygen atoms in total. The number of nitrogen functional groups attached to an aromatic ring is 1. The van der Waals surface area contributed by atoms with Crippen LogP contribution in [0.3, 0.4) is 0 Å². The molecule has 1 aromatic heterocycles. The summed E-state index contributed by atoms with van der Waals surface area (Å²) in [4.78, 5) is 7.24. The van der Waals surface area contributed by atoms with E-state index in [1.165, 1.54) is 0 Å². The fourth-order valence-corrected chi connectivity index (χ4v) is 1.99. The van der Waals surface area contributed by atoms with E-state index >= 15 is 0 Å². The van der Waals surface area contributed by atoms with Crippen LogP contribution < -0.4 is 11.0 Å². The molecular weight excluding hydrogens is 179 g/mol. The summed E-state index contributed by atoms with van der Waals surface area (Å²) in [6, 6.07) is 0.322. The Labute approximate surface area is 83.2 Å². The predicted molar refractivity (Wildman–Crippen MR) is 55.8 cm³/mol. The van der Waals surface area contributed by atoms with E-state index in [1.807, 2.05) is 0 Å². The van der Waals surface area contributed by atoms with E-state index in [-0.39, 0.29) is 0 Å². The van der Waals surface area contributed by atoms with Crippen LogP contribution in [0.25, 0.3) is 0 Å². The largest absolute Gasteiger partial charge is 0.437 e. The van der Waals surface area contributed by atoms with Crippen molar-refractivity contribution >= 4 is 13.0 Å². The molecule has 1 unspecified atom stereocenters. The number of imidazole rings is 1. The number of hydrogen-bond donors (Lipinski definition) is 4. The van der Waals surface area contributed by atoms with Gasteiger partial charge in [0.05, 0.1) is 5.69 Å². The topological polar surface area (TPSA) is 87.0 Å². The maximum Gasteiger partial charge on any atom is 0.373 e. The molecule has 5 N–H and O–H groups in total. The summed E-state index contributed by atoms with van der Waals surface area (Å²) in [5.74, 6) is 0.493. The van der Waals surface area contributed by atoms with Gasteiger partial charge in [-0.25, -0.2) is 4.98 Å². The van der Waals surface area contributed by atoms with Gasteiger partial charge in [0.15, 0.2) is 5.95 Å². The molecule has 1 heterocycles. The lowest BCUT2D eigenvalue weighted by Gasteiger charge is -2.22. The van der Waals surface area contributed by atoms with Gasteiger partial charge in [-0.3, -0.25) is 0 Å². The molecule has 14 heavy (non-hydrogen) atoms. The Morgan fingerprint density at radius 2 is 2.50 bits per heavy atom. The normalized spacial score (nSPS) is 20.6. The van der Waals surface area contributed by atoms with Gasteiger partial charge in [0, 0.05) is 18.2 Å². The number of fused-ring (bicyclic) bond motifs is 1. The van der Waals surface area contributed by atoms with Crippen LogP contribution in [-0.4, -0.2) is 28.1 Å². The second kappa shape index (κ2) is 3.63. The fourth-order valence-electron chi connectivity index (χ4n) is 1.99. The van der Waals surface area contributed by atoms with Gasteiger partial charge in [-0.2, -0.15) is 0 Å². The summed E-state index contributed by atoms with van der Waals surface area (Å²) in [6.07, 6.45) is 2.79. The molecular formula is C8H15BN4O. The molecule has 1 aliphatic rings. The van der Waals surface area contributed by atoms with Crippen LogP contribution in [0.5, 0.6) is 0 Å². The Morgan fingerprint density at radius 3 is 3.21 bits per heavy atom. The minimum absolute atomic E-state index is 0.322. The summed E-state index contributed by atoms with van der Waals surface area (Å²) in [7, 11) is -0.457. The summed E-state index contributed by atoms with van der Waals surface area (Å²) < 4.78 is 0. The summed E-state index contributed by atoms with van der Waals surface area (Å²) in [5.41, 5.74) is 7.75. The third-order valence-electron chi connectivity index (χ3n) is 2.54. The maximum absolute atomic E-state index is 9.20.